The van der Waals surface area contributed by atoms with Crippen LogP contribution in [0.25, 0.3) is 11.1 Å². The van der Waals surface area contributed by atoms with Gasteiger partial charge in [-0.2, -0.15) is 0 Å². The number of benzene rings is 3. The fourth-order valence-corrected chi connectivity index (χ4v) is 5.02. The van der Waals surface area contributed by atoms with Crippen LogP contribution < -0.4 is 9.62 Å². The number of amides is 1. The maximum absolute atomic E-state index is 13.0. The number of anilines is 2. The van der Waals surface area contributed by atoms with Crippen LogP contribution in [-0.2, 0) is 16.4 Å². The molecule has 6 nitrogen and oxygen atoms in total. The van der Waals surface area contributed by atoms with E-state index in [1.54, 1.807) is 65.8 Å². The average molecular weight is 456 g/mol. The van der Waals surface area contributed by atoms with E-state index in [1.807, 2.05) is 36.4 Å². The minimum Gasteiger partial charge on any atom is -0.308 e. The zero-order valence-electron chi connectivity index (χ0n) is 17.7. The van der Waals surface area contributed by atoms with E-state index < -0.39 is 10.0 Å². The van der Waals surface area contributed by atoms with E-state index in [2.05, 4.69) is 9.71 Å². The Kier molecular flexibility index (Phi) is 5.40. The molecule has 0 atom stereocenters. The Balaban J connectivity index is 1.38. The highest BCUT2D eigenvalue weighted by Crippen LogP contribution is 2.33. The summed E-state index contributed by atoms with van der Waals surface area (Å²) in [6.07, 6.45) is 3.88. The molecule has 1 amide bonds. The SMILES string of the molecule is O=C(c1ccncc1)N1CCc2ccc(NS(=O)(=O)c3ccc(-c4ccccc4)cc3)cc21. The molecule has 33 heavy (non-hydrogen) atoms. The first-order valence-electron chi connectivity index (χ1n) is 10.5. The van der Waals surface area contributed by atoms with Gasteiger partial charge in [0.1, 0.15) is 0 Å². The first kappa shape index (κ1) is 20.9. The molecule has 0 saturated carbocycles. The largest absolute Gasteiger partial charge is 0.308 e. The van der Waals surface area contributed by atoms with E-state index in [4.69, 9.17) is 0 Å². The lowest BCUT2D eigenvalue weighted by molar-refractivity contribution is 0.0989. The van der Waals surface area contributed by atoms with Crippen LogP contribution >= 0.6 is 0 Å². The molecule has 1 aliphatic rings. The molecule has 1 aromatic heterocycles. The van der Waals surface area contributed by atoms with Gasteiger partial charge in [-0.1, -0.05) is 48.5 Å². The maximum Gasteiger partial charge on any atom is 0.261 e. The lowest BCUT2D eigenvalue weighted by atomic mass is 10.1. The van der Waals surface area contributed by atoms with Crippen molar-refractivity contribution < 1.29 is 13.2 Å². The summed E-state index contributed by atoms with van der Waals surface area (Å²) in [7, 11) is -3.78. The van der Waals surface area contributed by atoms with Crippen molar-refractivity contribution in [2.24, 2.45) is 0 Å². The van der Waals surface area contributed by atoms with Gasteiger partial charge in [0.25, 0.3) is 15.9 Å². The number of rotatable bonds is 5. The van der Waals surface area contributed by atoms with Crippen molar-refractivity contribution in [3.63, 3.8) is 0 Å². The average Bonchev–Trinajstić information content (AvgIpc) is 3.28. The van der Waals surface area contributed by atoms with Crippen molar-refractivity contribution in [3.8, 4) is 11.1 Å². The van der Waals surface area contributed by atoms with Gasteiger partial charge in [-0.05, 0) is 59.5 Å². The van der Waals surface area contributed by atoms with Crippen molar-refractivity contribution in [3.05, 3.63) is 108 Å². The third-order valence-corrected chi connectivity index (χ3v) is 7.07. The van der Waals surface area contributed by atoms with Crippen LogP contribution in [0.15, 0.2) is 102 Å². The normalized spacial score (nSPS) is 12.9. The van der Waals surface area contributed by atoms with Crippen molar-refractivity contribution in [2.75, 3.05) is 16.2 Å². The summed E-state index contributed by atoms with van der Waals surface area (Å²) in [5.74, 6) is -0.132. The Labute approximate surface area is 192 Å². The second kappa shape index (κ2) is 8.52. The molecule has 0 radical (unpaired) electrons. The number of carbonyl (C=O) groups is 1. The molecule has 0 saturated heterocycles. The molecule has 7 heteroatoms. The Morgan fingerprint density at radius 1 is 0.848 bits per heavy atom. The molecule has 0 fully saturated rings. The predicted octanol–water partition coefficient (Wildman–Crippen LogP) is 4.75. The molecule has 1 aliphatic heterocycles. The summed E-state index contributed by atoms with van der Waals surface area (Å²) in [5.41, 5.74) is 4.64. The number of aromatic nitrogens is 1. The van der Waals surface area contributed by atoms with E-state index in [0.29, 0.717) is 17.8 Å². The highest BCUT2D eigenvalue weighted by atomic mass is 32.2. The number of pyridine rings is 1. The molecule has 3 aromatic carbocycles. The summed E-state index contributed by atoms with van der Waals surface area (Å²) in [6.45, 7) is 0.549. The Hall–Kier alpha value is -3.97. The number of nitrogens with zero attached hydrogens (tertiary/aromatic N) is 2. The Morgan fingerprint density at radius 3 is 2.27 bits per heavy atom. The van der Waals surface area contributed by atoms with Crippen LogP contribution in [0, 0.1) is 0 Å². The van der Waals surface area contributed by atoms with Gasteiger partial charge in [0.2, 0.25) is 0 Å². The quantitative estimate of drug-likeness (QED) is 0.471. The molecule has 164 valence electrons. The zero-order valence-corrected chi connectivity index (χ0v) is 18.5. The monoisotopic (exact) mass is 455 g/mol. The fraction of sp³-hybridized carbons (Fsp3) is 0.0769. The van der Waals surface area contributed by atoms with Gasteiger partial charge in [-0.25, -0.2) is 8.42 Å². The molecule has 4 aromatic rings. The van der Waals surface area contributed by atoms with Crippen LogP contribution in [0.3, 0.4) is 0 Å². The lowest BCUT2D eigenvalue weighted by Crippen LogP contribution is -2.28. The maximum atomic E-state index is 13.0. The number of hydrogen-bond donors (Lipinski definition) is 1. The second-order valence-corrected chi connectivity index (χ2v) is 9.46. The summed E-state index contributed by atoms with van der Waals surface area (Å²) in [4.78, 5) is 18.7. The van der Waals surface area contributed by atoms with Crippen molar-refractivity contribution in [2.45, 2.75) is 11.3 Å². The van der Waals surface area contributed by atoms with Crippen molar-refractivity contribution in [1.29, 1.82) is 0 Å². The van der Waals surface area contributed by atoms with E-state index in [9.17, 15) is 13.2 Å². The number of nitrogens with one attached hydrogen (secondary N) is 1. The van der Waals surface area contributed by atoms with Crippen molar-refractivity contribution in [1.82, 2.24) is 4.98 Å². The zero-order chi connectivity index (χ0) is 22.8. The molecule has 0 aliphatic carbocycles. The topological polar surface area (TPSA) is 79.4 Å². The Bertz CT molecular complexity index is 1400. The van der Waals surface area contributed by atoms with E-state index >= 15 is 0 Å². The number of sulfonamides is 1. The molecule has 0 spiro atoms. The summed E-state index contributed by atoms with van der Waals surface area (Å²) in [5, 5.41) is 0. The molecule has 5 rings (SSSR count). The minimum absolute atomic E-state index is 0.132. The molecule has 0 bridgehead atoms. The fourth-order valence-electron chi connectivity index (χ4n) is 3.98. The van der Waals surface area contributed by atoms with E-state index in [-0.39, 0.29) is 10.8 Å². The van der Waals surface area contributed by atoms with Gasteiger partial charge in [0, 0.05) is 30.2 Å². The highest BCUT2D eigenvalue weighted by Gasteiger charge is 2.26. The van der Waals surface area contributed by atoms with E-state index in [1.165, 1.54) is 0 Å². The van der Waals surface area contributed by atoms with Gasteiger partial charge in [-0.3, -0.25) is 14.5 Å². The molecule has 1 N–H and O–H groups in total. The number of fused-ring (bicyclic) bond motifs is 1. The van der Waals surface area contributed by atoms with Crippen LogP contribution in [0.2, 0.25) is 0 Å². The van der Waals surface area contributed by atoms with Gasteiger partial charge in [-0.15, -0.1) is 0 Å². The first-order valence-corrected chi connectivity index (χ1v) is 12.0. The number of hydrogen-bond acceptors (Lipinski definition) is 4. The van der Waals surface area contributed by atoms with Gasteiger partial charge < -0.3 is 4.90 Å². The lowest BCUT2D eigenvalue weighted by Gasteiger charge is -2.18. The Morgan fingerprint density at radius 2 is 1.55 bits per heavy atom. The highest BCUT2D eigenvalue weighted by molar-refractivity contribution is 7.92. The van der Waals surface area contributed by atoms with Crippen LogP contribution in [0.5, 0.6) is 0 Å². The summed E-state index contributed by atoms with van der Waals surface area (Å²) in [6, 6.07) is 25.2. The molecule has 0 unspecified atom stereocenters. The predicted molar refractivity (Wildman–Crippen MR) is 129 cm³/mol. The van der Waals surface area contributed by atoms with Crippen LogP contribution in [0.1, 0.15) is 15.9 Å². The molecular formula is C26H21N3O3S. The number of carbonyl (C=O) groups excluding carboxylic acids is 1. The van der Waals surface area contributed by atoms with E-state index in [0.717, 1.165) is 28.8 Å². The standard InChI is InChI=1S/C26H21N3O3S/c30-26(22-12-15-27-16-13-22)29-17-14-21-6-9-23(18-25(21)29)28-33(31,32)24-10-7-20(8-11-24)19-4-2-1-3-5-19/h1-13,15-16,18,28H,14,17H2. The van der Waals surface area contributed by atoms with Gasteiger partial charge in [0.05, 0.1) is 10.6 Å². The minimum atomic E-state index is -3.78. The molecule has 2 heterocycles. The smallest absolute Gasteiger partial charge is 0.261 e. The molecular weight excluding hydrogens is 434 g/mol. The van der Waals surface area contributed by atoms with Gasteiger partial charge >= 0.3 is 0 Å². The van der Waals surface area contributed by atoms with Crippen LogP contribution in [-0.4, -0.2) is 25.9 Å². The summed E-state index contributed by atoms with van der Waals surface area (Å²) >= 11 is 0. The summed E-state index contributed by atoms with van der Waals surface area (Å²) < 4.78 is 28.6. The first-order chi connectivity index (χ1) is 16.0. The second-order valence-electron chi connectivity index (χ2n) is 7.78. The van der Waals surface area contributed by atoms with Crippen molar-refractivity contribution >= 4 is 27.3 Å². The third kappa shape index (κ3) is 4.23. The third-order valence-electron chi connectivity index (χ3n) is 5.68. The van der Waals surface area contributed by atoms with Gasteiger partial charge in [0.15, 0.2) is 0 Å². The van der Waals surface area contributed by atoms with Crippen LogP contribution in [0.4, 0.5) is 11.4 Å².